The van der Waals surface area contributed by atoms with Crippen molar-refractivity contribution in [3.63, 3.8) is 0 Å². The summed E-state index contributed by atoms with van der Waals surface area (Å²) in [5.41, 5.74) is 1.16. The number of amides is 1. The van der Waals surface area contributed by atoms with Gasteiger partial charge in [0, 0.05) is 35.7 Å². The standard InChI is InChI=1S/C22H24ClN3O4S/c1-22(2,3)15-25(21(27)28)13-16-11-20(18-8-4-5-9-19(18)23)26(14-16)31(29,30)17-7-6-10-24-12-17/h4-12,14H,13,15H2,1-3H3,(H,27,28). The van der Waals surface area contributed by atoms with Crippen molar-refractivity contribution >= 4 is 27.7 Å². The lowest BCUT2D eigenvalue weighted by atomic mass is 9.96. The van der Waals surface area contributed by atoms with Crippen molar-refractivity contribution in [1.29, 1.82) is 0 Å². The number of nitrogens with zero attached hydrogens (tertiary/aromatic N) is 3. The van der Waals surface area contributed by atoms with E-state index in [1.165, 1.54) is 29.6 Å². The summed E-state index contributed by atoms with van der Waals surface area (Å²) in [6.45, 7) is 6.16. The number of hydrogen-bond donors (Lipinski definition) is 1. The number of benzene rings is 1. The number of pyridine rings is 1. The Hall–Kier alpha value is -2.84. The second kappa shape index (κ2) is 8.72. The Balaban J connectivity index is 2.13. The minimum atomic E-state index is -3.98. The van der Waals surface area contributed by atoms with Gasteiger partial charge in [-0.05, 0) is 35.2 Å². The normalized spacial score (nSPS) is 12.0. The zero-order valence-electron chi connectivity index (χ0n) is 17.5. The Morgan fingerprint density at radius 2 is 1.90 bits per heavy atom. The van der Waals surface area contributed by atoms with Crippen LogP contribution in [0.15, 0.2) is 66.0 Å². The molecular weight excluding hydrogens is 438 g/mol. The predicted octanol–water partition coefficient (Wildman–Crippen LogP) is 4.97. The number of carboxylic acid groups (broad SMARTS) is 1. The number of halogens is 1. The lowest BCUT2D eigenvalue weighted by molar-refractivity contribution is 0.123. The highest BCUT2D eigenvalue weighted by Gasteiger charge is 2.26. The third-order valence-corrected chi connectivity index (χ3v) is 6.48. The average molecular weight is 462 g/mol. The van der Waals surface area contributed by atoms with Crippen LogP contribution in [-0.2, 0) is 16.6 Å². The van der Waals surface area contributed by atoms with Crippen molar-refractivity contribution in [2.45, 2.75) is 32.2 Å². The molecule has 0 aliphatic heterocycles. The maximum Gasteiger partial charge on any atom is 0.407 e. The summed E-state index contributed by atoms with van der Waals surface area (Å²) >= 11 is 6.35. The summed E-state index contributed by atoms with van der Waals surface area (Å²) in [6, 6.07) is 11.6. The van der Waals surface area contributed by atoms with Gasteiger partial charge >= 0.3 is 6.09 Å². The van der Waals surface area contributed by atoms with Crippen LogP contribution in [-0.4, -0.2) is 40.0 Å². The van der Waals surface area contributed by atoms with Gasteiger partial charge in [0.2, 0.25) is 0 Å². The average Bonchev–Trinajstić information content (AvgIpc) is 3.12. The van der Waals surface area contributed by atoms with Gasteiger partial charge in [0.1, 0.15) is 4.90 Å². The van der Waals surface area contributed by atoms with Crippen molar-refractivity contribution < 1.29 is 18.3 Å². The lowest BCUT2D eigenvalue weighted by Crippen LogP contribution is -2.36. The first-order chi connectivity index (χ1) is 14.5. The fourth-order valence-electron chi connectivity index (χ4n) is 3.24. The first-order valence-corrected chi connectivity index (χ1v) is 11.4. The molecule has 0 aliphatic carbocycles. The molecule has 0 unspecified atom stereocenters. The molecule has 1 amide bonds. The van der Waals surface area contributed by atoms with E-state index in [2.05, 4.69) is 4.98 Å². The fourth-order valence-corrected chi connectivity index (χ4v) is 4.83. The summed E-state index contributed by atoms with van der Waals surface area (Å²) in [4.78, 5) is 17.0. The molecule has 1 N–H and O–H groups in total. The lowest BCUT2D eigenvalue weighted by Gasteiger charge is -2.27. The molecule has 164 valence electrons. The molecule has 7 nitrogen and oxygen atoms in total. The zero-order valence-corrected chi connectivity index (χ0v) is 19.1. The van der Waals surface area contributed by atoms with E-state index in [-0.39, 0.29) is 16.9 Å². The quantitative estimate of drug-likeness (QED) is 0.559. The van der Waals surface area contributed by atoms with Crippen LogP contribution < -0.4 is 0 Å². The molecule has 2 aromatic heterocycles. The van der Waals surface area contributed by atoms with E-state index in [9.17, 15) is 18.3 Å². The fraction of sp³-hybridized carbons (Fsp3) is 0.273. The first kappa shape index (κ1) is 22.8. The van der Waals surface area contributed by atoms with Crippen molar-refractivity contribution in [2.24, 2.45) is 5.41 Å². The highest BCUT2D eigenvalue weighted by atomic mass is 35.5. The van der Waals surface area contributed by atoms with Crippen LogP contribution in [0.3, 0.4) is 0 Å². The molecule has 3 rings (SSSR count). The van der Waals surface area contributed by atoms with Crippen LogP contribution in [0, 0.1) is 5.41 Å². The Morgan fingerprint density at radius 3 is 2.48 bits per heavy atom. The molecule has 0 atom stereocenters. The Bertz CT molecular complexity index is 1180. The van der Waals surface area contributed by atoms with Crippen molar-refractivity contribution in [3.05, 3.63) is 71.6 Å². The minimum Gasteiger partial charge on any atom is -0.465 e. The summed E-state index contributed by atoms with van der Waals surface area (Å²) in [7, 11) is -3.98. The number of aromatic nitrogens is 2. The highest BCUT2D eigenvalue weighted by molar-refractivity contribution is 7.90. The van der Waals surface area contributed by atoms with Crippen LogP contribution in [0.4, 0.5) is 4.79 Å². The first-order valence-electron chi connectivity index (χ1n) is 9.59. The van der Waals surface area contributed by atoms with Crippen molar-refractivity contribution in [3.8, 4) is 11.3 Å². The van der Waals surface area contributed by atoms with E-state index in [0.29, 0.717) is 28.4 Å². The summed E-state index contributed by atoms with van der Waals surface area (Å²) in [6.07, 6.45) is 3.14. The topological polar surface area (TPSA) is 92.5 Å². The van der Waals surface area contributed by atoms with Crippen LogP contribution in [0.25, 0.3) is 11.3 Å². The third-order valence-electron chi connectivity index (χ3n) is 4.49. The van der Waals surface area contributed by atoms with Gasteiger partial charge in [-0.1, -0.05) is 50.6 Å². The van der Waals surface area contributed by atoms with Gasteiger partial charge < -0.3 is 10.0 Å². The molecule has 31 heavy (non-hydrogen) atoms. The van der Waals surface area contributed by atoms with Crippen LogP contribution in [0.1, 0.15) is 26.3 Å². The molecule has 3 aromatic rings. The van der Waals surface area contributed by atoms with Gasteiger partial charge in [-0.15, -0.1) is 0 Å². The Kier molecular flexibility index (Phi) is 6.43. The van der Waals surface area contributed by atoms with Crippen LogP contribution >= 0.6 is 11.6 Å². The van der Waals surface area contributed by atoms with E-state index in [0.717, 1.165) is 3.97 Å². The van der Waals surface area contributed by atoms with Crippen LogP contribution in [0.2, 0.25) is 5.02 Å². The number of carbonyl (C=O) groups is 1. The van der Waals surface area contributed by atoms with Crippen LogP contribution in [0.5, 0.6) is 0 Å². The van der Waals surface area contributed by atoms with Gasteiger partial charge in [0.05, 0.1) is 12.2 Å². The molecule has 0 bridgehead atoms. The van der Waals surface area contributed by atoms with Gasteiger partial charge in [0.25, 0.3) is 10.0 Å². The second-order valence-corrected chi connectivity index (χ2v) is 10.6. The molecule has 1 aromatic carbocycles. The van der Waals surface area contributed by atoms with Gasteiger partial charge in [-0.2, -0.15) is 0 Å². The molecule has 0 spiro atoms. The maximum atomic E-state index is 13.4. The van der Waals surface area contributed by atoms with Crippen molar-refractivity contribution in [2.75, 3.05) is 6.54 Å². The maximum absolute atomic E-state index is 13.4. The summed E-state index contributed by atoms with van der Waals surface area (Å²) in [5, 5.41) is 10.0. The second-order valence-electron chi connectivity index (χ2n) is 8.40. The number of hydrogen-bond acceptors (Lipinski definition) is 4. The molecule has 2 heterocycles. The van der Waals surface area contributed by atoms with E-state index < -0.39 is 16.1 Å². The third kappa shape index (κ3) is 5.26. The molecule has 0 saturated heterocycles. The molecule has 9 heteroatoms. The van der Waals surface area contributed by atoms with E-state index in [4.69, 9.17) is 11.6 Å². The number of rotatable bonds is 6. The SMILES string of the molecule is CC(C)(C)CN(Cc1cc(-c2ccccc2Cl)n(S(=O)(=O)c2cccnc2)c1)C(=O)O. The molecule has 0 saturated carbocycles. The predicted molar refractivity (Wildman–Crippen MR) is 120 cm³/mol. The monoisotopic (exact) mass is 461 g/mol. The van der Waals surface area contributed by atoms with E-state index >= 15 is 0 Å². The highest BCUT2D eigenvalue weighted by Crippen LogP contribution is 2.32. The molecule has 0 aliphatic rings. The van der Waals surface area contributed by atoms with Gasteiger partial charge in [0.15, 0.2) is 0 Å². The molecule has 0 fully saturated rings. The Morgan fingerprint density at radius 1 is 1.19 bits per heavy atom. The smallest absolute Gasteiger partial charge is 0.407 e. The largest absolute Gasteiger partial charge is 0.465 e. The van der Waals surface area contributed by atoms with E-state index in [1.807, 2.05) is 20.8 Å². The van der Waals surface area contributed by atoms with Gasteiger partial charge in [-0.3, -0.25) is 4.98 Å². The summed E-state index contributed by atoms with van der Waals surface area (Å²) in [5.74, 6) is 0. The Labute approximate surface area is 187 Å². The minimum absolute atomic E-state index is 0.0234. The molecular formula is C22H24ClN3O4S. The van der Waals surface area contributed by atoms with E-state index in [1.54, 1.807) is 36.4 Å². The zero-order chi connectivity index (χ0) is 22.8. The van der Waals surface area contributed by atoms with Gasteiger partial charge in [-0.25, -0.2) is 17.2 Å². The molecule has 0 radical (unpaired) electrons. The summed E-state index contributed by atoms with van der Waals surface area (Å²) < 4.78 is 27.8. The van der Waals surface area contributed by atoms with Crippen molar-refractivity contribution in [1.82, 2.24) is 13.9 Å².